The highest BCUT2D eigenvalue weighted by atomic mass is 32.2. The Morgan fingerprint density at radius 1 is 1.30 bits per heavy atom. The van der Waals surface area contributed by atoms with Gasteiger partial charge in [-0.15, -0.1) is 0 Å². The van der Waals surface area contributed by atoms with E-state index < -0.39 is 5.97 Å². The number of thioether (sulfide) groups is 1. The highest BCUT2D eigenvalue weighted by Crippen LogP contribution is 2.64. The SMILES string of the molecule is CCOC(=O)CCN1C(=O)[C@H]2[C@H]3C[C@@H](C4=Cc5sc(=O)[nH]c5S[C@@H]43)[C@H]2C1=O. The van der Waals surface area contributed by atoms with Gasteiger partial charge in [0.15, 0.2) is 0 Å². The maximum atomic E-state index is 13.0. The van der Waals surface area contributed by atoms with Crippen molar-refractivity contribution in [2.45, 2.75) is 30.0 Å². The first-order valence-corrected chi connectivity index (χ1v) is 10.8. The summed E-state index contributed by atoms with van der Waals surface area (Å²) in [4.78, 5) is 54.1. The summed E-state index contributed by atoms with van der Waals surface area (Å²) in [5.41, 5.74) is 1.20. The molecule has 142 valence electrons. The van der Waals surface area contributed by atoms with E-state index in [9.17, 15) is 19.2 Å². The quantitative estimate of drug-likeness (QED) is 0.601. The Kier molecular flexibility index (Phi) is 3.87. The minimum atomic E-state index is -0.390. The molecule has 1 N–H and O–H groups in total. The van der Waals surface area contributed by atoms with E-state index in [2.05, 4.69) is 11.1 Å². The van der Waals surface area contributed by atoms with Crippen molar-refractivity contribution in [1.29, 1.82) is 0 Å². The lowest BCUT2D eigenvalue weighted by Crippen LogP contribution is -2.35. The van der Waals surface area contributed by atoms with E-state index in [4.69, 9.17) is 4.74 Å². The summed E-state index contributed by atoms with van der Waals surface area (Å²) in [5.74, 6) is -1.14. The molecule has 2 bridgehead atoms. The fourth-order valence-electron chi connectivity index (χ4n) is 5.14. The Morgan fingerprint density at radius 2 is 2.07 bits per heavy atom. The van der Waals surface area contributed by atoms with Crippen molar-refractivity contribution in [3.05, 3.63) is 20.1 Å². The number of fused-ring (bicyclic) bond motifs is 9. The summed E-state index contributed by atoms with van der Waals surface area (Å²) in [7, 11) is 0. The molecule has 1 aromatic rings. The lowest BCUT2D eigenvalue weighted by molar-refractivity contribution is -0.145. The van der Waals surface area contributed by atoms with Gasteiger partial charge in [-0.2, -0.15) is 0 Å². The van der Waals surface area contributed by atoms with Crippen LogP contribution in [-0.2, 0) is 19.1 Å². The number of H-pyrrole nitrogens is 1. The van der Waals surface area contributed by atoms with Crippen LogP contribution in [0.2, 0.25) is 0 Å². The molecular formula is C18H18N2O5S2. The summed E-state index contributed by atoms with van der Waals surface area (Å²) in [5, 5.41) is 1.02. The number of amides is 2. The molecule has 1 saturated heterocycles. The van der Waals surface area contributed by atoms with E-state index in [1.54, 1.807) is 18.7 Å². The second-order valence-corrected chi connectivity index (χ2v) is 9.50. The van der Waals surface area contributed by atoms with Gasteiger partial charge in [0.05, 0.1) is 34.8 Å². The van der Waals surface area contributed by atoms with Crippen molar-refractivity contribution in [2.24, 2.45) is 23.7 Å². The number of aromatic nitrogens is 1. The molecule has 5 atom stereocenters. The van der Waals surface area contributed by atoms with Crippen molar-refractivity contribution >= 4 is 47.0 Å². The Balaban J connectivity index is 1.40. The molecule has 2 aliphatic carbocycles. The standard InChI is InChI=1S/C18H18N2O5S2/c1-2-25-11(21)3-4-20-16(22)12-7-5-9(13(12)17(20)23)14-8(7)6-10-15(27-14)19-18(24)26-10/h6-7,9,12-14H,2-5H2,1H3,(H,19,24)/t7-,9+,12+,13-,14-/m0/s1. The number of nitrogens with one attached hydrogen (secondary N) is 1. The van der Waals surface area contributed by atoms with Crippen LogP contribution in [0.1, 0.15) is 24.6 Å². The lowest BCUT2D eigenvalue weighted by Gasteiger charge is -2.32. The number of aromatic amines is 1. The maximum absolute atomic E-state index is 13.0. The molecular weight excluding hydrogens is 388 g/mol. The third-order valence-electron chi connectivity index (χ3n) is 6.09. The van der Waals surface area contributed by atoms with Crippen LogP contribution in [0.4, 0.5) is 0 Å². The summed E-state index contributed by atoms with van der Waals surface area (Å²) < 4.78 is 4.91. The van der Waals surface area contributed by atoms with Crippen LogP contribution in [0.25, 0.3) is 6.08 Å². The topological polar surface area (TPSA) is 96.5 Å². The Labute approximate surface area is 163 Å². The van der Waals surface area contributed by atoms with E-state index in [0.717, 1.165) is 16.3 Å². The van der Waals surface area contributed by atoms with Crippen LogP contribution < -0.4 is 4.87 Å². The summed E-state index contributed by atoms with van der Waals surface area (Å²) in [6.45, 7) is 2.11. The predicted octanol–water partition coefficient (Wildman–Crippen LogP) is 1.50. The second-order valence-electron chi connectivity index (χ2n) is 7.33. The average molecular weight is 406 g/mol. The molecule has 7 nitrogen and oxygen atoms in total. The van der Waals surface area contributed by atoms with E-state index >= 15 is 0 Å². The average Bonchev–Trinajstić information content (AvgIpc) is 3.33. The van der Waals surface area contributed by atoms with Gasteiger partial charge in [0.1, 0.15) is 0 Å². The lowest BCUT2D eigenvalue weighted by atomic mass is 9.77. The van der Waals surface area contributed by atoms with Gasteiger partial charge >= 0.3 is 10.8 Å². The Morgan fingerprint density at radius 3 is 2.85 bits per heavy atom. The number of rotatable bonds is 4. The largest absolute Gasteiger partial charge is 0.466 e. The smallest absolute Gasteiger partial charge is 0.307 e. The summed E-state index contributed by atoms with van der Waals surface area (Å²) >= 11 is 2.81. The molecule has 5 rings (SSSR count). The monoisotopic (exact) mass is 406 g/mol. The van der Waals surface area contributed by atoms with Crippen molar-refractivity contribution in [3.8, 4) is 0 Å². The number of imide groups is 1. The number of hydrogen-bond acceptors (Lipinski definition) is 7. The maximum Gasteiger partial charge on any atom is 0.307 e. The van der Waals surface area contributed by atoms with Gasteiger partial charge in [0.25, 0.3) is 0 Å². The molecule has 0 unspecified atom stereocenters. The van der Waals surface area contributed by atoms with Crippen LogP contribution in [0.3, 0.4) is 0 Å². The van der Waals surface area contributed by atoms with Crippen molar-refractivity contribution in [2.75, 3.05) is 13.2 Å². The summed E-state index contributed by atoms with van der Waals surface area (Å²) in [6.07, 6.45) is 2.94. The fourth-order valence-corrected chi connectivity index (χ4v) is 7.58. The van der Waals surface area contributed by atoms with E-state index in [-0.39, 0.29) is 65.2 Å². The zero-order valence-corrected chi connectivity index (χ0v) is 16.2. The molecule has 4 aliphatic rings. The van der Waals surface area contributed by atoms with Crippen LogP contribution in [-0.4, -0.2) is 46.1 Å². The molecule has 2 saturated carbocycles. The van der Waals surface area contributed by atoms with E-state index in [1.165, 1.54) is 21.8 Å². The second kappa shape index (κ2) is 6.07. The molecule has 27 heavy (non-hydrogen) atoms. The normalized spacial score (nSPS) is 33.0. The molecule has 3 heterocycles. The number of carbonyl (C=O) groups is 3. The van der Waals surface area contributed by atoms with Gasteiger partial charge < -0.3 is 9.72 Å². The van der Waals surface area contributed by atoms with Gasteiger partial charge in [-0.25, -0.2) is 0 Å². The van der Waals surface area contributed by atoms with Gasteiger partial charge in [0, 0.05) is 11.8 Å². The molecule has 2 aliphatic heterocycles. The third kappa shape index (κ3) is 2.40. The molecule has 2 amide bonds. The Hall–Kier alpha value is -1.87. The number of carbonyl (C=O) groups excluding carboxylic acids is 3. The molecule has 0 aromatic carbocycles. The number of likely N-dealkylation sites (tertiary alicyclic amines) is 1. The highest BCUT2D eigenvalue weighted by molar-refractivity contribution is 8.00. The first kappa shape index (κ1) is 17.2. The first-order chi connectivity index (χ1) is 13.0. The van der Waals surface area contributed by atoms with Crippen LogP contribution in [0.15, 0.2) is 15.4 Å². The van der Waals surface area contributed by atoms with Crippen LogP contribution in [0, 0.1) is 23.7 Å². The number of thiazole rings is 1. The van der Waals surface area contributed by atoms with Crippen LogP contribution in [0.5, 0.6) is 0 Å². The fraction of sp³-hybridized carbons (Fsp3) is 0.556. The number of nitrogens with zero attached hydrogens (tertiary/aromatic N) is 1. The van der Waals surface area contributed by atoms with Gasteiger partial charge in [-0.3, -0.25) is 24.1 Å². The summed E-state index contributed by atoms with van der Waals surface area (Å²) in [6, 6.07) is 0. The predicted molar refractivity (Wildman–Crippen MR) is 99.1 cm³/mol. The number of hydrogen-bond donors (Lipinski definition) is 1. The van der Waals surface area contributed by atoms with Crippen LogP contribution >= 0.6 is 23.1 Å². The van der Waals surface area contributed by atoms with Crippen molar-refractivity contribution in [3.63, 3.8) is 0 Å². The van der Waals surface area contributed by atoms with E-state index in [1.807, 2.05) is 0 Å². The molecule has 9 heteroatoms. The first-order valence-electron chi connectivity index (χ1n) is 9.11. The molecule has 0 radical (unpaired) electrons. The molecule has 0 spiro atoms. The molecule has 1 aromatic heterocycles. The number of ether oxygens (including phenoxy) is 1. The van der Waals surface area contributed by atoms with E-state index in [0.29, 0.717) is 0 Å². The van der Waals surface area contributed by atoms with Gasteiger partial charge in [0.2, 0.25) is 11.8 Å². The van der Waals surface area contributed by atoms with Crippen molar-refractivity contribution < 1.29 is 19.1 Å². The Bertz CT molecular complexity index is 948. The zero-order chi connectivity index (χ0) is 18.9. The van der Waals surface area contributed by atoms with Gasteiger partial charge in [-0.1, -0.05) is 28.7 Å². The zero-order valence-electron chi connectivity index (χ0n) is 14.6. The highest BCUT2D eigenvalue weighted by Gasteiger charge is 2.66. The minimum Gasteiger partial charge on any atom is -0.466 e. The molecule has 3 fully saturated rings. The van der Waals surface area contributed by atoms with Crippen molar-refractivity contribution in [1.82, 2.24) is 9.88 Å². The number of esters is 1. The van der Waals surface area contributed by atoms with Gasteiger partial charge in [-0.05, 0) is 31.3 Å². The third-order valence-corrected chi connectivity index (χ3v) is 8.48. The minimum absolute atomic E-state index is 0.0412.